The van der Waals surface area contributed by atoms with Crippen LogP contribution in [0, 0.1) is 0 Å². The quantitative estimate of drug-likeness (QED) is 0.533. The summed E-state index contributed by atoms with van der Waals surface area (Å²) >= 11 is 0. The third kappa shape index (κ3) is 7.17. The summed E-state index contributed by atoms with van der Waals surface area (Å²) in [4.78, 5) is 10.7. The largest absolute Gasteiger partial charge is 0.494 e. The minimum Gasteiger partial charge on any atom is -0.494 e. The molecule has 6 heteroatoms. The second kappa shape index (κ2) is 9.85. The number of ether oxygens (including phenoxy) is 2. The molecule has 0 spiro atoms. The van der Waals surface area contributed by atoms with Crippen LogP contribution in [-0.4, -0.2) is 18.6 Å². The minimum absolute atomic E-state index is 0.216. The Hall–Kier alpha value is -2.50. The molecular weight excluding hydrogens is 345 g/mol. The van der Waals surface area contributed by atoms with E-state index in [-0.39, 0.29) is 6.42 Å². The Morgan fingerprint density at radius 3 is 2.04 bits per heavy atom. The molecule has 0 aromatic heterocycles. The molecule has 0 atom stereocenters. The fourth-order valence-electron chi connectivity index (χ4n) is 2.27. The van der Waals surface area contributed by atoms with Crippen LogP contribution in [0.4, 0.5) is 13.2 Å². The van der Waals surface area contributed by atoms with Crippen molar-refractivity contribution in [3.63, 3.8) is 0 Å². The summed E-state index contributed by atoms with van der Waals surface area (Å²) in [6.45, 7) is 0.877. The second-order valence-corrected chi connectivity index (χ2v) is 5.83. The summed E-state index contributed by atoms with van der Waals surface area (Å²) in [5.41, 5.74) is 1.08. The maximum atomic E-state index is 12.0. The first-order valence-corrected chi connectivity index (χ1v) is 8.45. The van der Waals surface area contributed by atoms with Crippen molar-refractivity contribution in [3.8, 4) is 11.5 Å². The van der Waals surface area contributed by atoms with Gasteiger partial charge in [0.15, 0.2) is 0 Å². The van der Waals surface area contributed by atoms with Gasteiger partial charge < -0.3 is 9.47 Å². The molecule has 2 rings (SSSR count). The average Bonchev–Trinajstić information content (AvgIpc) is 2.63. The van der Waals surface area contributed by atoms with Gasteiger partial charge in [-0.1, -0.05) is 30.3 Å². The van der Waals surface area contributed by atoms with E-state index in [1.54, 1.807) is 24.3 Å². The number of carbonyl (C=O) groups excluding carboxylic acids is 1. The van der Waals surface area contributed by atoms with Crippen LogP contribution in [0.5, 0.6) is 11.5 Å². The highest BCUT2D eigenvalue weighted by atomic mass is 19.4. The van der Waals surface area contributed by atoms with Gasteiger partial charge in [-0.3, -0.25) is 4.79 Å². The highest BCUT2D eigenvalue weighted by molar-refractivity contribution is 5.83. The topological polar surface area (TPSA) is 35.5 Å². The Morgan fingerprint density at radius 1 is 0.808 bits per heavy atom. The lowest BCUT2D eigenvalue weighted by Gasteiger charge is -2.09. The average molecular weight is 366 g/mol. The van der Waals surface area contributed by atoms with Crippen molar-refractivity contribution in [2.75, 3.05) is 6.61 Å². The predicted molar refractivity (Wildman–Crippen MR) is 92.2 cm³/mol. The number of hydrogen-bond acceptors (Lipinski definition) is 3. The van der Waals surface area contributed by atoms with Crippen LogP contribution < -0.4 is 9.47 Å². The zero-order valence-corrected chi connectivity index (χ0v) is 14.3. The molecule has 0 saturated heterocycles. The van der Waals surface area contributed by atoms with Crippen LogP contribution in [0.25, 0.3) is 0 Å². The zero-order chi connectivity index (χ0) is 18.8. The summed E-state index contributed by atoms with van der Waals surface area (Å²) in [7, 11) is 0. The first-order chi connectivity index (χ1) is 12.4. The van der Waals surface area contributed by atoms with E-state index in [9.17, 15) is 18.0 Å². The van der Waals surface area contributed by atoms with Gasteiger partial charge in [-0.25, -0.2) is 0 Å². The molecular formula is C20H21F3O3. The summed E-state index contributed by atoms with van der Waals surface area (Å²) in [6, 6.07) is 17.0. The Bertz CT molecular complexity index is 667. The molecule has 140 valence electrons. The van der Waals surface area contributed by atoms with E-state index in [2.05, 4.69) is 0 Å². The fourth-order valence-corrected chi connectivity index (χ4v) is 2.27. The lowest BCUT2D eigenvalue weighted by atomic mass is 10.1. The van der Waals surface area contributed by atoms with Gasteiger partial charge in [0.05, 0.1) is 6.61 Å². The Labute approximate surface area is 150 Å². The van der Waals surface area contributed by atoms with E-state index in [0.717, 1.165) is 11.3 Å². The number of alkyl halides is 3. The van der Waals surface area contributed by atoms with Crippen LogP contribution in [0.1, 0.15) is 31.2 Å². The minimum atomic E-state index is -4.72. The van der Waals surface area contributed by atoms with Gasteiger partial charge in [0.1, 0.15) is 18.1 Å². The SMILES string of the molecule is O=C(CCCCCOc1ccc(OCc2ccccc2)cc1)C(F)(F)F. The van der Waals surface area contributed by atoms with E-state index in [4.69, 9.17) is 9.47 Å². The van der Waals surface area contributed by atoms with Gasteiger partial charge in [0.2, 0.25) is 5.78 Å². The first-order valence-electron chi connectivity index (χ1n) is 8.45. The van der Waals surface area contributed by atoms with Gasteiger partial charge in [0.25, 0.3) is 0 Å². The molecule has 2 aromatic rings. The van der Waals surface area contributed by atoms with Crippen molar-refractivity contribution >= 4 is 5.78 Å². The number of carbonyl (C=O) groups is 1. The number of unbranched alkanes of at least 4 members (excludes halogenated alkanes) is 2. The normalized spacial score (nSPS) is 11.2. The summed E-state index contributed by atoms with van der Waals surface area (Å²) in [5, 5.41) is 0. The van der Waals surface area contributed by atoms with Crippen molar-refractivity contribution in [3.05, 3.63) is 60.2 Å². The number of rotatable bonds is 10. The van der Waals surface area contributed by atoms with Crippen molar-refractivity contribution in [2.24, 2.45) is 0 Å². The molecule has 0 fully saturated rings. The molecule has 0 N–H and O–H groups in total. The Balaban J connectivity index is 1.61. The summed E-state index contributed by atoms with van der Waals surface area (Å²) in [6.07, 6.45) is -3.86. The lowest BCUT2D eigenvalue weighted by molar-refractivity contribution is -0.171. The third-order valence-electron chi connectivity index (χ3n) is 3.71. The molecule has 0 radical (unpaired) electrons. The van der Waals surface area contributed by atoms with E-state index >= 15 is 0 Å². The van der Waals surface area contributed by atoms with Gasteiger partial charge in [-0.15, -0.1) is 0 Å². The number of ketones is 1. The van der Waals surface area contributed by atoms with E-state index < -0.39 is 18.4 Å². The van der Waals surface area contributed by atoms with Crippen LogP contribution in [0.3, 0.4) is 0 Å². The van der Waals surface area contributed by atoms with Crippen LogP contribution in [0.2, 0.25) is 0 Å². The highest BCUT2D eigenvalue weighted by Crippen LogP contribution is 2.21. The molecule has 3 nitrogen and oxygen atoms in total. The summed E-state index contributed by atoms with van der Waals surface area (Å²) in [5.74, 6) is -0.264. The highest BCUT2D eigenvalue weighted by Gasteiger charge is 2.36. The van der Waals surface area contributed by atoms with Crippen molar-refractivity contribution in [1.29, 1.82) is 0 Å². The van der Waals surface area contributed by atoms with E-state index in [1.165, 1.54) is 0 Å². The molecule has 0 amide bonds. The second-order valence-electron chi connectivity index (χ2n) is 5.83. The van der Waals surface area contributed by atoms with Crippen molar-refractivity contribution in [1.82, 2.24) is 0 Å². The first kappa shape index (κ1) is 19.8. The predicted octanol–water partition coefficient (Wildman–Crippen LogP) is 5.34. The standard InChI is InChI=1S/C20H21F3O3/c21-20(22,23)19(24)9-5-2-6-14-25-17-10-12-18(13-11-17)26-15-16-7-3-1-4-8-16/h1,3-4,7-8,10-13H,2,5-6,9,14-15H2. The number of benzene rings is 2. The fraction of sp³-hybridized carbons (Fsp3) is 0.350. The van der Waals surface area contributed by atoms with Crippen LogP contribution in [-0.2, 0) is 11.4 Å². The van der Waals surface area contributed by atoms with Gasteiger partial charge in [-0.05, 0) is 49.1 Å². The molecule has 0 aliphatic carbocycles. The summed E-state index contributed by atoms with van der Waals surface area (Å²) < 4.78 is 47.3. The number of halogens is 3. The maximum absolute atomic E-state index is 12.0. The molecule has 0 unspecified atom stereocenters. The van der Waals surface area contributed by atoms with Gasteiger partial charge >= 0.3 is 6.18 Å². The zero-order valence-electron chi connectivity index (χ0n) is 14.3. The van der Waals surface area contributed by atoms with Crippen molar-refractivity contribution < 1.29 is 27.4 Å². The molecule has 0 heterocycles. The van der Waals surface area contributed by atoms with E-state index in [0.29, 0.717) is 31.8 Å². The van der Waals surface area contributed by atoms with Gasteiger partial charge in [0, 0.05) is 6.42 Å². The smallest absolute Gasteiger partial charge is 0.449 e. The molecule has 0 bridgehead atoms. The molecule has 0 aliphatic rings. The van der Waals surface area contributed by atoms with Gasteiger partial charge in [-0.2, -0.15) is 13.2 Å². The number of hydrogen-bond donors (Lipinski definition) is 0. The lowest BCUT2D eigenvalue weighted by Crippen LogP contribution is -2.22. The van der Waals surface area contributed by atoms with Crippen molar-refractivity contribution in [2.45, 2.75) is 38.5 Å². The molecule has 0 saturated carbocycles. The van der Waals surface area contributed by atoms with Crippen LogP contribution >= 0.6 is 0 Å². The molecule has 2 aromatic carbocycles. The third-order valence-corrected chi connectivity index (χ3v) is 3.71. The maximum Gasteiger partial charge on any atom is 0.449 e. The monoisotopic (exact) mass is 366 g/mol. The Kier molecular flexibility index (Phi) is 7.51. The Morgan fingerprint density at radius 2 is 1.42 bits per heavy atom. The van der Waals surface area contributed by atoms with E-state index in [1.807, 2.05) is 30.3 Å². The molecule has 0 aliphatic heterocycles. The number of Topliss-reactive ketones (excluding diaryl/α,β-unsaturated/α-hetero) is 1. The molecule has 26 heavy (non-hydrogen) atoms. The van der Waals surface area contributed by atoms with Crippen LogP contribution in [0.15, 0.2) is 54.6 Å².